The maximum absolute atomic E-state index is 5.15. The molecule has 0 aliphatic heterocycles. The molecule has 0 unspecified atom stereocenters. The minimum absolute atomic E-state index is 0.911. The third kappa shape index (κ3) is 3.62. The second-order valence-corrected chi connectivity index (χ2v) is 9.91. The van der Waals surface area contributed by atoms with Crippen molar-refractivity contribution in [3.05, 3.63) is 134 Å². The van der Waals surface area contributed by atoms with Crippen LogP contribution in [0.2, 0.25) is 0 Å². The molecule has 186 valence electrons. The largest absolute Gasteiger partial charge is 0.254 e. The molecule has 0 saturated heterocycles. The summed E-state index contributed by atoms with van der Waals surface area (Å²) < 4.78 is 0. The highest BCUT2D eigenvalue weighted by atomic mass is 14.8. The van der Waals surface area contributed by atoms with Crippen molar-refractivity contribution in [2.24, 2.45) is 0 Å². The van der Waals surface area contributed by atoms with Crippen molar-refractivity contribution in [2.45, 2.75) is 0 Å². The van der Waals surface area contributed by atoms with Gasteiger partial charge in [-0.15, -0.1) is 0 Å². The molecule has 40 heavy (non-hydrogen) atoms. The van der Waals surface area contributed by atoms with Crippen LogP contribution in [0.15, 0.2) is 134 Å². The van der Waals surface area contributed by atoms with Crippen LogP contribution in [-0.2, 0) is 0 Å². The van der Waals surface area contributed by atoms with Crippen molar-refractivity contribution < 1.29 is 0 Å². The average Bonchev–Trinajstić information content (AvgIpc) is 3.04. The Hall–Kier alpha value is -5.48. The molecular weight excluding hydrogens is 488 g/mol. The van der Waals surface area contributed by atoms with Crippen LogP contribution in [-0.4, -0.2) is 19.9 Å². The molecule has 0 radical (unpaired) electrons. The topological polar surface area (TPSA) is 51.6 Å². The summed E-state index contributed by atoms with van der Waals surface area (Å²) in [5.74, 6) is 0. The summed E-state index contributed by atoms with van der Waals surface area (Å²) >= 11 is 0. The lowest BCUT2D eigenvalue weighted by Crippen LogP contribution is -1.94. The molecule has 0 atom stereocenters. The third-order valence-electron chi connectivity index (χ3n) is 7.56. The first-order valence-corrected chi connectivity index (χ1v) is 13.3. The second kappa shape index (κ2) is 9.07. The molecule has 8 aromatic rings. The summed E-state index contributed by atoms with van der Waals surface area (Å²) in [7, 11) is 0. The zero-order chi connectivity index (χ0) is 26.5. The maximum Gasteiger partial charge on any atom is 0.0972 e. The number of hydrogen-bond donors (Lipinski definition) is 0. The summed E-state index contributed by atoms with van der Waals surface area (Å²) in [6.45, 7) is 0. The maximum atomic E-state index is 5.15. The van der Waals surface area contributed by atoms with E-state index in [-0.39, 0.29) is 0 Å². The van der Waals surface area contributed by atoms with Crippen LogP contribution in [0.3, 0.4) is 0 Å². The van der Waals surface area contributed by atoms with E-state index in [1.165, 1.54) is 0 Å². The minimum atomic E-state index is 0.911. The first-order valence-electron chi connectivity index (χ1n) is 13.3. The van der Waals surface area contributed by atoms with Crippen LogP contribution in [0.1, 0.15) is 0 Å². The predicted octanol–water partition coefficient (Wildman–Crippen LogP) is 8.88. The molecule has 4 heterocycles. The Morgan fingerprint density at radius 2 is 0.675 bits per heavy atom. The van der Waals surface area contributed by atoms with E-state index in [1.54, 1.807) is 0 Å². The number of benzene rings is 4. The lowest BCUT2D eigenvalue weighted by molar-refractivity contribution is 1.36. The first kappa shape index (κ1) is 22.5. The number of fused-ring (bicyclic) bond motifs is 6. The Balaban J connectivity index is 1.33. The van der Waals surface area contributed by atoms with Crippen molar-refractivity contribution in [2.75, 3.05) is 0 Å². The normalized spacial score (nSPS) is 11.5. The van der Waals surface area contributed by atoms with Crippen LogP contribution in [0.4, 0.5) is 0 Å². The van der Waals surface area contributed by atoms with Gasteiger partial charge in [-0.25, -0.2) is 9.97 Å². The fourth-order valence-corrected chi connectivity index (χ4v) is 5.63. The van der Waals surface area contributed by atoms with Gasteiger partial charge in [-0.1, -0.05) is 97.1 Å². The molecule has 0 fully saturated rings. The Kier molecular flexibility index (Phi) is 5.10. The van der Waals surface area contributed by atoms with Crippen LogP contribution in [0.25, 0.3) is 77.3 Å². The van der Waals surface area contributed by atoms with Crippen LogP contribution in [0, 0.1) is 0 Å². The van der Waals surface area contributed by atoms with Crippen molar-refractivity contribution in [1.29, 1.82) is 0 Å². The lowest BCUT2D eigenvalue weighted by Gasteiger charge is -2.15. The summed E-state index contributed by atoms with van der Waals surface area (Å²) in [6, 6.07) is 41.9. The van der Waals surface area contributed by atoms with E-state index in [0.29, 0.717) is 0 Å². The number of rotatable bonds is 3. The van der Waals surface area contributed by atoms with Gasteiger partial charge in [-0.05, 0) is 35.4 Å². The summed E-state index contributed by atoms with van der Waals surface area (Å²) in [4.78, 5) is 19.6. The number of nitrogens with zero attached hydrogens (tertiary/aromatic N) is 4. The van der Waals surface area contributed by atoms with Gasteiger partial charge in [0.25, 0.3) is 0 Å². The summed E-state index contributed by atoms with van der Waals surface area (Å²) in [5.41, 5.74) is 9.84. The van der Waals surface area contributed by atoms with Gasteiger partial charge in [0, 0.05) is 45.1 Å². The molecule has 4 nitrogen and oxygen atoms in total. The Bertz CT molecular complexity index is 2080. The van der Waals surface area contributed by atoms with Gasteiger partial charge in [0.05, 0.1) is 33.5 Å². The third-order valence-corrected chi connectivity index (χ3v) is 7.56. The molecule has 0 aliphatic carbocycles. The molecular formula is C36H22N4. The van der Waals surface area contributed by atoms with Gasteiger partial charge in [0.2, 0.25) is 0 Å². The van der Waals surface area contributed by atoms with E-state index >= 15 is 0 Å². The molecule has 8 rings (SSSR count). The smallest absolute Gasteiger partial charge is 0.0972 e. The first-order chi connectivity index (χ1) is 19.8. The number of pyridine rings is 4. The van der Waals surface area contributed by atoms with Crippen LogP contribution in [0.5, 0.6) is 0 Å². The standard InChI is InChI=1S/C36H22N4/c1-3-11-29(31-19-17-25-15-13-23-7-5-21-37-33(23)35(25)39-31)27(9-1)28-10-2-4-12-30(28)32-20-18-26-16-14-24-8-6-22-38-34(24)36(26)40-32/h1-22H. The van der Waals surface area contributed by atoms with E-state index in [2.05, 4.69) is 119 Å². The zero-order valence-corrected chi connectivity index (χ0v) is 21.5. The van der Waals surface area contributed by atoms with Gasteiger partial charge in [-0.3, -0.25) is 9.97 Å². The highest BCUT2D eigenvalue weighted by molar-refractivity contribution is 6.05. The quantitative estimate of drug-likeness (QED) is 0.223. The molecule has 0 amide bonds. The van der Waals surface area contributed by atoms with E-state index in [4.69, 9.17) is 9.97 Å². The molecule has 0 saturated carbocycles. The highest BCUT2D eigenvalue weighted by Crippen LogP contribution is 2.38. The fourth-order valence-electron chi connectivity index (χ4n) is 5.63. The molecule has 0 N–H and O–H groups in total. The molecule has 4 aromatic carbocycles. The van der Waals surface area contributed by atoms with Crippen molar-refractivity contribution in [3.63, 3.8) is 0 Å². The fraction of sp³-hybridized carbons (Fsp3) is 0. The number of aromatic nitrogens is 4. The molecule has 0 aliphatic rings. The van der Waals surface area contributed by atoms with Crippen LogP contribution < -0.4 is 0 Å². The lowest BCUT2D eigenvalue weighted by atomic mass is 9.92. The number of hydrogen-bond acceptors (Lipinski definition) is 4. The predicted molar refractivity (Wildman–Crippen MR) is 164 cm³/mol. The van der Waals surface area contributed by atoms with Crippen molar-refractivity contribution in [1.82, 2.24) is 19.9 Å². The van der Waals surface area contributed by atoms with Gasteiger partial charge in [0.1, 0.15) is 0 Å². The average molecular weight is 511 g/mol. The summed E-state index contributed by atoms with van der Waals surface area (Å²) in [5, 5.41) is 4.33. The van der Waals surface area contributed by atoms with E-state index in [1.807, 2.05) is 24.5 Å². The Labute approximate surface area is 230 Å². The van der Waals surface area contributed by atoms with E-state index in [0.717, 1.165) is 77.3 Å². The molecule has 4 aromatic heterocycles. The summed E-state index contributed by atoms with van der Waals surface area (Å²) in [6.07, 6.45) is 3.66. The second-order valence-electron chi connectivity index (χ2n) is 9.91. The highest BCUT2D eigenvalue weighted by Gasteiger charge is 2.15. The van der Waals surface area contributed by atoms with Gasteiger partial charge in [-0.2, -0.15) is 0 Å². The SMILES string of the molecule is c1ccc(-c2ccccc2-c2ccc3ccc4cccnc4c3n2)c(-c2ccc3ccc4cccnc4c3n2)c1. The van der Waals surface area contributed by atoms with Crippen molar-refractivity contribution >= 4 is 43.6 Å². The van der Waals surface area contributed by atoms with Crippen molar-refractivity contribution in [3.8, 4) is 33.6 Å². The van der Waals surface area contributed by atoms with E-state index < -0.39 is 0 Å². The Morgan fingerprint density at radius 3 is 1.12 bits per heavy atom. The van der Waals surface area contributed by atoms with Gasteiger partial charge < -0.3 is 0 Å². The van der Waals surface area contributed by atoms with E-state index in [9.17, 15) is 0 Å². The van der Waals surface area contributed by atoms with Gasteiger partial charge >= 0.3 is 0 Å². The molecule has 0 spiro atoms. The van der Waals surface area contributed by atoms with Gasteiger partial charge in [0.15, 0.2) is 0 Å². The minimum Gasteiger partial charge on any atom is -0.254 e. The molecule has 0 bridgehead atoms. The monoisotopic (exact) mass is 510 g/mol. The molecule has 4 heteroatoms. The Morgan fingerprint density at radius 1 is 0.300 bits per heavy atom. The van der Waals surface area contributed by atoms with Crippen LogP contribution >= 0.6 is 0 Å². The zero-order valence-electron chi connectivity index (χ0n) is 21.5.